The van der Waals surface area contributed by atoms with Gasteiger partial charge in [0.2, 0.25) is 0 Å². The fourth-order valence-corrected chi connectivity index (χ4v) is 4.33. The molecule has 1 aliphatic rings. The molecule has 5 nitrogen and oxygen atoms in total. The van der Waals surface area contributed by atoms with E-state index in [4.69, 9.17) is 0 Å². The second-order valence-electron chi connectivity index (χ2n) is 6.40. The second kappa shape index (κ2) is 8.86. The topological polar surface area (TPSA) is 61.8 Å². The molecule has 6 heteroatoms. The van der Waals surface area contributed by atoms with Crippen LogP contribution < -0.4 is 5.32 Å². The van der Waals surface area contributed by atoms with Crippen molar-refractivity contribution in [1.29, 1.82) is 0 Å². The van der Waals surface area contributed by atoms with Crippen LogP contribution in [0.2, 0.25) is 0 Å². The molecule has 0 unspecified atom stereocenters. The summed E-state index contributed by atoms with van der Waals surface area (Å²) in [6.07, 6.45) is 3.15. The smallest absolute Gasteiger partial charge is 0.193 e. The molecule has 0 saturated carbocycles. The van der Waals surface area contributed by atoms with Crippen LogP contribution in [-0.2, 0) is 9.84 Å². The molecule has 2 aromatic rings. The van der Waals surface area contributed by atoms with Crippen LogP contribution in [0.25, 0.3) is 5.57 Å². The van der Waals surface area contributed by atoms with Crippen LogP contribution in [-0.4, -0.2) is 51.7 Å². The van der Waals surface area contributed by atoms with Crippen molar-refractivity contribution in [3.8, 4) is 0 Å². The molecule has 0 aliphatic carbocycles. The minimum atomic E-state index is -3.29. The van der Waals surface area contributed by atoms with Crippen LogP contribution in [0.4, 0.5) is 0 Å². The fourth-order valence-electron chi connectivity index (χ4n) is 3.15. The van der Waals surface area contributed by atoms with Gasteiger partial charge in [0, 0.05) is 26.7 Å². The van der Waals surface area contributed by atoms with Gasteiger partial charge in [0.1, 0.15) is 0 Å². The summed E-state index contributed by atoms with van der Waals surface area (Å²) in [7, 11) is -1.56. The van der Waals surface area contributed by atoms with E-state index in [9.17, 15) is 8.42 Å². The molecule has 2 aromatic carbocycles. The maximum atomic E-state index is 12.4. The monoisotopic (exact) mass is 383 g/mol. The van der Waals surface area contributed by atoms with Crippen molar-refractivity contribution in [1.82, 2.24) is 10.2 Å². The van der Waals surface area contributed by atoms with Crippen LogP contribution in [0.5, 0.6) is 0 Å². The molecule has 1 aliphatic heterocycles. The first-order valence-electron chi connectivity index (χ1n) is 9.08. The second-order valence-corrected chi connectivity index (χ2v) is 8.51. The Kier molecular flexibility index (Phi) is 6.29. The summed E-state index contributed by atoms with van der Waals surface area (Å²) in [5.74, 6) is 0.774. The van der Waals surface area contributed by atoms with Crippen molar-refractivity contribution >= 4 is 21.4 Å². The molecule has 27 heavy (non-hydrogen) atoms. The predicted molar refractivity (Wildman–Crippen MR) is 110 cm³/mol. The van der Waals surface area contributed by atoms with Gasteiger partial charge in [-0.15, -0.1) is 0 Å². The van der Waals surface area contributed by atoms with E-state index in [0.717, 1.165) is 25.5 Å². The summed E-state index contributed by atoms with van der Waals surface area (Å²) in [6.45, 7) is 1.94. The molecular formula is C21H25N3O2S. The van der Waals surface area contributed by atoms with Gasteiger partial charge >= 0.3 is 0 Å². The van der Waals surface area contributed by atoms with Crippen LogP contribution in [0.15, 0.2) is 76.6 Å². The number of hydrogen-bond donors (Lipinski definition) is 1. The molecule has 1 N–H and O–H groups in total. The molecule has 142 valence electrons. The molecule has 0 fully saturated rings. The lowest BCUT2D eigenvalue weighted by Gasteiger charge is -2.29. The van der Waals surface area contributed by atoms with E-state index in [1.54, 1.807) is 31.3 Å². The van der Waals surface area contributed by atoms with E-state index in [1.165, 1.54) is 11.1 Å². The number of benzene rings is 2. The van der Waals surface area contributed by atoms with Crippen molar-refractivity contribution in [3.05, 3.63) is 72.3 Å². The van der Waals surface area contributed by atoms with Crippen LogP contribution in [0, 0.1) is 0 Å². The van der Waals surface area contributed by atoms with Gasteiger partial charge in [0.05, 0.1) is 10.6 Å². The minimum absolute atomic E-state index is 0.0367. The standard InChI is InChI=1S/C21H25N3O2S/c1-22-21(23-14-17-27(25,26)20-10-6-3-7-11-20)24-15-12-19(13-16-24)18-8-4-2-5-9-18/h2-12H,13-17H2,1H3,(H,22,23). The van der Waals surface area contributed by atoms with Gasteiger partial charge in [0.25, 0.3) is 0 Å². The highest BCUT2D eigenvalue weighted by atomic mass is 32.2. The summed E-state index contributed by atoms with van der Waals surface area (Å²) in [5.41, 5.74) is 2.60. The lowest BCUT2D eigenvalue weighted by Crippen LogP contribution is -2.44. The fraction of sp³-hybridized carbons (Fsp3) is 0.286. The van der Waals surface area contributed by atoms with Crippen molar-refractivity contribution in [3.63, 3.8) is 0 Å². The molecule has 1 heterocycles. The van der Waals surface area contributed by atoms with E-state index in [-0.39, 0.29) is 5.75 Å². The van der Waals surface area contributed by atoms with Gasteiger partial charge in [-0.2, -0.15) is 0 Å². The van der Waals surface area contributed by atoms with E-state index in [0.29, 0.717) is 11.4 Å². The first-order chi connectivity index (χ1) is 13.1. The molecule has 0 radical (unpaired) electrons. The first-order valence-corrected chi connectivity index (χ1v) is 10.7. The summed E-state index contributed by atoms with van der Waals surface area (Å²) in [6, 6.07) is 18.9. The van der Waals surface area contributed by atoms with Crippen LogP contribution in [0.1, 0.15) is 12.0 Å². The van der Waals surface area contributed by atoms with Crippen LogP contribution in [0.3, 0.4) is 0 Å². The van der Waals surface area contributed by atoms with E-state index >= 15 is 0 Å². The zero-order valence-electron chi connectivity index (χ0n) is 15.5. The Morgan fingerprint density at radius 2 is 1.74 bits per heavy atom. The molecule has 0 atom stereocenters. The molecule has 0 saturated heterocycles. The SMILES string of the molecule is CN=C(NCCS(=O)(=O)c1ccccc1)N1CC=C(c2ccccc2)CC1. The number of rotatable bonds is 5. The number of hydrogen-bond acceptors (Lipinski definition) is 3. The predicted octanol–water partition coefficient (Wildman–Crippen LogP) is 2.83. The van der Waals surface area contributed by atoms with E-state index in [1.807, 2.05) is 12.1 Å². The Hall–Kier alpha value is -2.60. The largest absolute Gasteiger partial charge is 0.355 e. The van der Waals surface area contributed by atoms with Crippen LogP contribution >= 0.6 is 0 Å². The summed E-state index contributed by atoms with van der Waals surface area (Å²) in [5, 5.41) is 3.19. The molecule has 3 rings (SSSR count). The highest BCUT2D eigenvalue weighted by Gasteiger charge is 2.18. The Morgan fingerprint density at radius 3 is 2.33 bits per heavy atom. The van der Waals surface area contributed by atoms with Gasteiger partial charge in [0.15, 0.2) is 15.8 Å². The minimum Gasteiger partial charge on any atom is -0.355 e. The third-order valence-corrected chi connectivity index (χ3v) is 6.35. The zero-order valence-corrected chi connectivity index (χ0v) is 16.3. The van der Waals surface area contributed by atoms with Crippen molar-refractivity contribution in [2.75, 3.05) is 32.4 Å². The highest BCUT2D eigenvalue weighted by Crippen LogP contribution is 2.21. The van der Waals surface area contributed by atoms with Crippen molar-refractivity contribution < 1.29 is 8.42 Å². The van der Waals surface area contributed by atoms with E-state index < -0.39 is 9.84 Å². The zero-order chi connectivity index (χ0) is 19.1. The summed E-state index contributed by atoms with van der Waals surface area (Å²) >= 11 is 0. The van der Waals surface area contributed by atoms with Gasteiger partial charge in [-0.3, -0.25) is 4.99 Å². The summed E-state index contributed by atoms with van der Waals surface area (Å²) in [4.78, 5) is 6.81. The average molecular weight is 384 g/mol. The molecule has 0 spiro atoms. The van der Waals surface area contributed by atoms with Gasteiger partial charge in [-0.25, -0.2) is 8.42 Å². The lowest BCUT2D eigenvalue weighted by atomic mass is 10.00. The molecule has 0 amide bonds. The molecular weight excluding hydrogens is 358 g/mol. The van der Waals surface area contributed by atoms with Gasteiger partial charge in [-0.1, -0.05) is 54.6 Å². The summed E-state index contributed by atoms with van der Waals surface area (Å²) < 4.78 is 24.8. The van der Waals surface area contributed by atoms with Crippen molar-refractivity contribution in [2.45, 2.75) is 11.3 Å². The number of nitrogens with one attached hydrogen (secondary N) is 1. The Balaban J connectivity index is 1.55. The molecule has 0 bridgehead atoms. The number of guanidine groups is 1. The maximum Gasteiger partial charge on any atom is 0.193 e. The Morgan fingerprint density at radius 1 is 1.07 bits per heavy atom. The average Bonchev–Trinajstić information content (AvgIpc) is 2.73. The van der Waals surface area contributed by atoms with E-state index in [2.05, 4.69) is 45.6 Å². The Bertz CT molecular complexity index is 907. The third kappa shape index (κ3) is 4.98. The van der Waals surface area contributed by atoms with Gasteiger partial charge in [-0.05, 0) is 29.7 Å². The highest BCUT2D eigenvalue weighted by molar-refractivity contribution is 7.91. The normalized spacial score (nSPS) is 15.4. The number of aliphatic imine (C=N–C) groups is 1. The lowest BCUT2D eigenvalue weighted by molar-refractivity contribution is 0.441. The molecule has 0 aromatic heterocycles. The number of nitrogens with zero attached hydrogens (tertiary/aromatic N) is 2. The van der Waals surface area contributed by atoms with Gasteiger partial charge < -0.3 is 10.2 Å². The Labute approximate surface area is 161 Å². The maximum absolute atomic E-state index is 12.4. The first kappa shape index (κ1) is 19.2. The third-order valence-electron chi connectivity index (χ3n) is 4.62. The quantitative estimate of drug-likeness (QED) is 0.637. The van der Waals surface area contributed by atoms with Crippen molar-refractivity contribution in [2.24, 2.45) is 4.99 Å². The number of sulfone groups is 1.